The Kier molecular flexibility index (Phi) is 69.0. The first-order valence-electron chi connectivity index (χ1n) is 41.4. The normalized spacial score (nSPS) is 14.3. The molecule has 0 aromatic heterocycles. The van der Waals surface area contributed by atoms with E-state index in [1.54, 1.807) is 0 Å². The maximum Gasteiger partial charge on any atom is 0.472 e. The van der Waals surface area contributed by atoms with Crippen LogP contribution in [-0.4, -0.2) is 96.7 Å². The second-order valence-corrected chi connectivity index (χ2v) is 32.9. The molecule has 3 N–H and O–H groups in total. The van der Waals surface area contributed by atoms with Gasteiger partial charge in [-0.25, -0.2) is 9.13 Å². The molecule has 0 aliphatic carbocycles. The van der Waals surface area contributed by atoms with Gasteiger partial charge in [0.15, 0.2) is 12.2 Å². The van der Waals surface area contributed by atoms with E-state index in [0.717, 1.165) is 108 Å². The highest BCUT2D eigenvalue weighted by Crippen LogP contribution is 2.45. The summed E-state index contributed by atoms with van der Waals surface area (Å²) in [4.78, 5) is 73.0. The Morgan fingerprint density at radius 2 is 0.515 bits per heavy atom. The number of aliphatic hydroxyl groups excluding tert-OH is 1. The molecular weight excluding hydrogens is 1290 g/mol. The van der Waals surface area contributed by atoms with Crippen LogP contribution in [-0.2, 0) is 65.4 Å². The zero-order valence-corrected chi connectivity index (χ0v) is 66.8. The van der Waals surface area contributed by atoms with Crippen LogP contribution in [0.1, 0.15) is 414 Å². The van der Waals surface area contributed by atoms with E-state index in [1.807, 2.05) is 0 Å². The van der Waals surface area contributed by atoms with E-state index in [1.165, 1.54) is 225 Å². The lowest BCUT2D eigenvalue weighted by Crippen LogP contribution is -2.30. The molecule has 0 radical (unpaired) electrons. The van der Waals surface area contributed by atoms with Crippen molar-refractivity contribution >= 4 is 39.5 Å². The summed E-state index contributed by atoms with van der Waals surface area (Å²) in [5.41, 5.74) is 0. The van der Waals surface area contributed by atoms with Crippen molar-refractivity contribution in [3.63, 3.8) is 0 Å². The summed E-state index contributed by atoms with van der Waals surface area (Å²) in [7, 11) is -9.92. The van der Waals surface area contributed by atoms with Crippen LogP contribution in [0.15, 0.2) is 0 Å². The molecule has 0 aromatic carbocycles. The van der Waals surface area contributed by atoms with Crippen molar-refractivity contribution in [3.05, 3.63) is 0 Å². The van der Waals surface area contributed by atoms with Gasteiger partial charge >= 0.3 is 39.5 Å². The van der Waals surface area contributed by atoms with Gasteiger partial charge in [-0.15, -0.1) is 0 Å². The average Bonchev–Trinajstić information content (AvgIpc) is 1.32. The third kappa shape index (κ3) is 72.8. The number of carbonyl (C=O) groups is 4. The summed E-state index contributed by atoms with van der Waals surface area (Å²) < 4.78 is 68.7. The molecule has 99 heavy (non-hydrogen) atoms. The molecule has 17 nitrogen and oxygen atoms in total. The fourth-order valence-electron chi connectivity index (χ4n) is 12.3. The van der Waals surface area contributed by atoms with E-state index in [0.29, 0.717) is 25.7 Å². The summed E-state index contributed by atoms with van der Waals surface area (Å²) in [6.45, 7) is 12.0. The number of ether oxygens (including phenoxy) is 4. The van der Waals surface area contributed by atoms with Gasteiger partial charge in [0.2, 0.25) is 0 Å². The third-order valence-corrected chi connectivity index (χ3v) is 20.9. The van der Waals surface area contributed by atoms with Gasteiger partial charge in [0, 0.05) is 25.7 Å². The van der Waals surface area contributed by atoms with Crippen molar-refractivity contribution in [3.8, 4) is 0 Å². The van der Waals surface area contributed by atoms with E-state index in [-0.39, 0.29) is 25.7 Å². The minimum absolute atomic E-state index is 0.107. The fourth-order valence-corrected chi connectivity index (χ4v) is 13.9. The molecule has 0 bridgehead atoms. The Balaban J connectivity index is 5.26. The van der Waals surface area contributed by atoms with Crippen LogP contribution in [0.25, 0.3) is 0 Å². The Bertz CT molecular complexity index is 1920. The average molecular weight is 1450 g/mol. The smallest absolute Gasteiger partial charge is 0.462 e. The SMILES string of the molecule is CCCCCCCCCCCCCCC(=O)OC[C@H](COP(=O)(O)OC[C@H](O)COP(=O)(O)OC[C@@H](COC(=O)CCCCCCCCCCCCCC(C)C)OC(=O)CCCCCCCCCCCCCCCCCCC(C)C)OC(=O)CCCCCCCCCCCCC(C)CC. The Morgan fingerprint density at radius 1 is 0.293 bits per heavy atom. The largest absolute Gasteiger partial charge is 0.472 e. The van der Waals surface area contributed by atoms with Crippen LogP contribution in [0.4, 0.5) is 0 Å². The molecule has 0 saturated carbocycles. The zero-order chi connectivity index (χ0) is 73.0. The summed E-state index contributed by atoms with van der Waals surface area (Å²) in [5, 5.41) is 10.6. The van der Waals surface area contributed by atoms with Crippen molar-refractivity contribution in [2.24, 2.45) is 17.8 Å². The first-order chi connectivity index (χ1) is 47.8. The zero-order valence-electron chi connectivity index (χ0n) is 65.0. The molecule has 0 amide bonds. The number of unbranched alkanes of at least 4 members (excludes halogenated alkanes) is 45. The number of hydrogen-bond donors (Lipinski definition) is 3. The van der Waals surface area contributed by atoms with Crippen LogP contribution in [0, 0.1) is 17.8 Å². The molecule has 588 valence electrons. The monoisotopic (exact) mass is 1450 g/mol. The van der Waals surface area contributed by atoms with E-state index in [2.05, 4.69) is 48.5 Å². The van der Waals surface area contributed by atoms with Crippen molar-refractivity contribution in [2.45, 2.75) is 433 Å². The number of carbonyl (C=O) groups excluding carboxylic acids is 4. The van der Waals surface area contributed by atoms with E-state index in [4.69, 9.17) is 37.0 Å². The van der Waals surface area contributed by atoms with Gasteiger partial charge in [-0.05, 0) is 43.4 Å². The van der Waals surface area contributed by atoms with E-state index < -0.39 is 97.5 Å². The van der Waals surface area contributed by atoms with Crippen LogP contribution >= 0.6 is 15.6 Å². The first kappa shape index (κ1) is 97.1. The molecule has 0 aliphatic rings. The van der Waals surface area contributed by atoms with Gasteiger partial charge in [0.1, 0.15) is 19.3 Å². The number of aliphatic hydroxyl groups is 1. The second-order valence-electron chi connectivity index (χ2n) is 30.0. The summed E-state index contributed by atoms with van der Waals surface area (Å²) in [6.07, 6.45) is 58.1. The second kappa shape index (κ2) is 70.4. The van der Waals surface area contributed by atoms with Crippen LogP contribution in [0.2, 0.25) is 0 Å². The molecule has 0 aromatic rings. The highest BCUT2D eigenvalue weighted by Gasteiger charge is 2.30. The third-order valence-electron chi connectivity index (χ3n) is 19.0. The molecule has 0 fully saturated rings. The minimum atomic E-state index is -4.96. The van der Waals surface area contributed by atoms with Gasteiger partial charge in [-0.2, -0.15) is 0 Å². The fraction of sp³-hybridized carbons (Fsp3) is 0.950. The number of rotatable bonds is 78. The number of hydrogen-bond acceptors (Lipinski definition) is 15. The van der Waals surface area contributed by atoms with Crippen molar-refractivity contribution in [2.75, 3.05) is 39.6 Å². The predicted molar refractivity (Wildman–Crippen MR) is 405 cm³/mol. The van der Waals surface area contributed by atoms with Gasteiger partial charge in [0.05, 0.1) is 26.4 Å². The lowest BCUT2D eigenvalue weighted by Gasteiger charge is -2.21. The standard InChI is InChI=1S/C80H156O17P2/c1-8-10-11-12-13-14-15-25-33-40-47-54-61-77(82)90-68-76(97-80(85)64-57-50-43-36-29-28-32-39-46-53-60-73(7)9-2)70-95-99(88,89)93-66-74(81)65-92-98(86,87)94-69-75(67-91-78(83)62-55-48-41-34-27-22-24-31-38-45-52-59-72(5)6)96-79(84)63-56-49-42-35-26-21-19-17-16-18-20-23-30-37-44-51-58-71(3)4/h71-76,81H,8-70H2,1-7H3,(H,86,87)(H,88,89)/t73?,74-,75-,76-/m1/s1. The number of phosphoric ester groups is 2. The number of phosphoric acid groups is 2. The molecular formula is C80H156O17P2. The van der Waals surface area contributed by atoms with E-state index in [9.17, 15) is 43.2 Å². The van der Waals surface area contributed by atoms with Gasteiger partial charge in [-0.3, -0.25) is 37.3 Å². The topological polar surface area (TPSA) is 237 Å². The van der Waals surface area contributed by atoms with Crippen LogP contribution < -0.4 is 0 Å². The molecule has 6 atom stereocenters. The van der Waals surface area contributed by atoms with Crippen LogP contribution in [0.5, 0.6) is 0 Å². The van der Waals surface area contributed by atoms with Crippen molar-refractivity contribution in [1.82, 2.24) is 0 Å². The maximum atomic E-state index is 13.1. The highest BCUT2D eigenvalue weighted by atomic mass is 31.2. The molecule has 0 spiro atoms. The van der Waals surface area contributed by atoms with Gasteiger partial charge < -0.3 is 33.8 Å². The van der Waals surface area contributed by atoms with Gasteiger partial charge in [0.25, 0.3) is 0 Å². The summed E-state index contributed by atoms with van der Waals surface area (Å²) >= 11 is 0. The first-order valence-corrected chi connectivity index (χ1v) is 44.4. The Morgan fingerprint density at radius 3 is 0.768 bits per heavy atom. The highest BCUT2D eigenvalue weighted by molar-refractivity contribution is 7.47. The summed E-state index contributed by atoms with van der Waals surface area (Å²) in [5.74, 6) is 0.273. The lowest BCUT2D eigenvalue weighted by atomic mass is 9.99. The summed E-state index contributed by atoms with van der Waals surface area (Å²) in [6, 6.07) is 0. The van der Waals surface area contributed by atoms with Gasteiger partial charge in [-0.1, -0.05) is 363 Å². The molecule has 0 aliphatic heterocycles. The lowest BCUT2D eigenvalue weighted by molar-refractivity contribution is -0.161. The maximum absolute atomic E-state index is 13.1. The quantitative estimate of drug-likeness (QED) is 0.0222. The predicted octanol–water partition coefficient (Wildman–Crippen LogP) is 23.7. The molecule has 19 heteroatoms. The van der Waals surface area contributed by atoms with Crippen molar-refractivity contribution in [1.29, 1.82) is 0 Å². The molecule has 0 rings (SSSR count). The van der Waals surface area contributed by atoms with E-state index >= 15 is 0 Å². The molecule has 0 heterocycles. The number of esters is 4. The van der Waals surface area contributed by atoms with Crippen LogP contribution in [0.3, 0.4) is 0 Å². The minimum Gasteiger partial charge on any atom is -0.462 e. The Hall–Kier alpha value is -1.94. The van der Waals surface area contributed by atoms with Crippen molar-refractivity contribution < 1.29 is 80.2 Å². The Labute approximate surface area is 607 Å². The molecule has 3 unspecified atom stereocenters. The molecule has 0 saturated heterocycles.